The van der Waals surface area contributed by atoms with E-state index in [4.69, 9.17) is 4.74 Å². The van der Waals surface area contributed by atoms with Crippen LogP contribution in [0.15, 0.2) is 24.3 Å². The van der Waals surface area contributed by atoms with Gasteiger partial charge in [-0.05, 0) is 68.2 Å². The van der Waals surface area contributed by atoms with Gasteiger partial charge in [0.2, 0.25) is 17.6 Å². The molecule has 3 fully saturated rings. The lowest BCUT2D eigenvalue weighted by molar-refractivity contribution is -0.146. The molecule has 2 saturated heterocycles. The van der Waals surface area contributed by atoms with Gasteiger partial charge in [0.1, 0.15) is 23.4 Å². The van der Waals surface area contributed by atoms with Gasteiger partial charge in [0.05, 0.1) is 0 Å². The first-order valence-corrected chi connectivity index (χ1v) is 14.7. The number of rotatable bonds is 6. The fourth-order valence-electron chi connectivity index (χ4n) is 6.04. The zero-order valence-corrected chi connectivity index (χ0v) is 23.7. The predicted octanol–water partition coefficient (Wildman–Crippen LogP) is 3.82. The number of nitrogens with zero attached hydrogens (tertiary/aromatic N) is 1. The molecule has 224 valence electrons. The molecule has 1 aromatic carbocycles. The number of fused-ring (bicyclic) bond motifs is 2. The lowest BCUT2D eigenvalue weighted by Gasteiger charge is -2.30. The summed E-state index contributed by atoms with van der Waals surface area (Å²) < 4.78 is 18.9. The third kappa shape index (κ3) is 7.05. The normalized spacial score (nSPS) is 27.9. The number of ether oxygens (including phenoxy) is 1. The zero-order chi connectivity index (χ0) is 29.7. The van der Waals surface area contributed by atoms with E-state index in [0.717, 1.165) is 44.2 Å². The van der Waals surface area contributed by atoms with Crippen molar-refractivity contribution in [1.29, 1.82) is 0 Å². The van der Waals surface area contributed by atoms with Crippen LogP contribution >= 0.6 is 0 Å². The molecule has 0 bridgehead atoms. The Hall–Kier alpha value is -3.50. The molecule has 1 aliphatic carbocycles. The third-order valence-corrected chi connectivity index (χ3v) is 8.53. The molecule has 2 heterocycles. The Morgan fingerprint density at radius 1 is 1.02 bits per heavy atom. The first-order valence-electron chi connectivity index (χ1n) is 14.7. The summed E-state index contributed by atoms with van der Waals surface area (Å²) in [5, 5.41) is 15.3. The highest BCUT2D eigenvalue weighted by Crippen LogP contribution is 2.47. The number of carbonyl (C=O) groups is 5. The van der Waals surface area contributed by atoms with E-state index in [1.54, 1.807) is 13.8 Å². The second-order valence-corrected chi connectivity index (χ2v) is 11.8. The molecule has 0 radical (unpaired) electrons. The molecule has 2 unspecified atom stereocenters. The Bertz CT molecular complexity index is 1160. The average Bonchev–Trinajstić information content (AvgIpc) is 3.40. The molecule has 1 saturated carbocycles. The molecule has 10 nitrogen and oxygen atoms in total. The van der Waals surface area contributed by atoms with Gasteiger partial charge < -0.3 is 25.4 Å². The minimum Gasteiger partial charge on any atom is -0.479 e. The van der Waals surface area contributed by atoms with E-state index >= 15 is 0 Å². The lowest BCUT2D eigenvalue weighted by Crippen LogP contribution is -2.56. The van der Waals surface area contributed by atoms with Crippen LogP contribution in [0.25, 0.3) is 0 Å². The van der Waals surface area contributed by atoms with Crippen LogP contribution in [-0.2, 0) is 19.1 Å². The number of carboxylic acid groups (broad SMARTS) is 1. The maximum absolute atomic E-state index is 13.7. The Labute approximate surface area is 239 Å². The van der Waals surface area contributed by atoms with E-state index in [0.29, 0.717) is 38.6 Å². The standard InChI is InChI=1S/C30H40FN3O7/c1-18(2)25(24(35)19-12-14-21(31)15-13-19)41-29(40)32-22-10-7-5-3-4-6-9-20-17-30(20,28(38)39)33-26(36)23-11-8-16-34(23)27(22)37/h12-15,18,20,22-23,25H,3-11,16-17H2,1-2H3,(H,32,40)(H,33,36)(H,38,39)/t20?,22-,23?,25-,30+/m0/s1. The highest BCUT2D eigenvalue weighted by molar-refractivity contribution is 6.01. The Morgan fingerprint density at radius 3 is 2.34 bits per heavy atom. The SMILES string of the molecule is CC(C)[C@H](OC(=O)N[C@H]1CCCCCCCC2C[C@@]2(C(=O)O)NC(=O)C2CCCN2C1=O)C(=O)c1ccc(F)cc1. The molecule has 2 aliphatic heterocycles. The van der Waals surface area contributed by atoms with E-state index in [1.165, 1.54) is 17.0 Å². The van der Waals surface area contributed by atoms with Crippen molar-refractivity contribution in [2.24, 2.45) is 11.8 Å². The van der Waals surface area contributed by atoms with Crippen LogP contribution in [-0.4, -0.2) is 69.9 Å². The number of carbonyl (C=O) groups excluding carboxylic acids is 4. The third-order valence-electron chi connectivity index (χ3n) is 8.53. The van der Waals surface area contributed by atoms with Crippen molar-refractivity contribution < 1.29 is 38.2 Å². The summed E-state index contributed by atoms with van der Waals surface area (Å²) in [6.07, 6.45) is 4.49. The fraction of sp³-hybridized carbons (Fsp3) is 0.633. The van der Waals surface area contributed by atoms with Crippen LogP contribution in [0.1, 0.15) is 88.4 Å². The second kappa shape index (κ2) is 13.0. The fourth-order valence-corrected chi connectivity index (χ4v) is 6.04. The molecule has 11 heteroatoms. The number of benzene rings is 1. The number of ketones is 1. The summed E-state index contributed by atoms with van der Waals surface area (Å²) in [6, 6.07) is 3.17. The summed E-state index contributed by atoms with van der Waals surface area (Å²) >= 11 is 0. The maximum Gasteiger partial charge on any atom is 0.408 e. The number of alkyl carbamates (subject to hydrolysis) is 1. The number of halogens is 1. The van der Waals surface area contributed by atoms with E-state index in [1.807, 2.05) is 0 Å². The number of aliphatic carboxylic acids is 1. The number of amides is 3. The molecule has 3 aliphatic rings. The quantitative estimate of drug-likeness (QED) is 0.439. The van der Waals surface area contributed by atoms with Gasteiger partial charge in [-0.25, -0.2) is 14.0 Å². The predicted molar refractivity (Wildman–Crippen MR) is 146 cm³/mol. The van der Waals surface area contributed by atoms with Crippen molar-refractivity contribution in [1.82, 2.24) is 15.5 Å². The number of Topliss-reactive ketones (excluding diaryl/α,β-unsaturated/α-hetero) is 1. The zero-order valence-electron chi connectivity index (χ0n) is 23.7. The van der Waals surface area contributed by atoms with Gasteiger partial charge >= 0.3 is 12.1 Å². The topological polar surface area (TPSA) is 142 Å². The van der Waals surface area contributed by atoms with Crippen LogP contribution < -0.4 is 10.6 Å². The van der Waals surface area contributed by atoms with Crippen molar-refractivity contribution in [3.8, 4) is 0 Å². The van der Waals surface area contributed by atoms with Gasteiger partial charge in [-0.3, -0.25) is 14.4 Å². The molecule has 0 aromatic heterocycles. The first kappa shape index (κ1) is 30.5. The van der Waals surface area contributed by atoms with Gasteiger partial charge in [0.25, 0.3) is 0 Å². The first-order chi connectivity index (χ1) is 19.5. The molecule has 5 atom stereocenters. The number of hydrogen-bond donors (Lipinski definition) is 3. The van der Waals surface area contributed by atoms with Crippen LogP contribution in [0, 0.1) is 17.7 Å². The highest BCUT2D eigenvalue weighted by Gasteiger charge is 2.61. The molecule has 0 spiro atoms. The molecule has 4 rings (SSSR count). The molecular formula is C30H40FN3O7. The summed E-state index contributed by atoms with van der Waals surface area (Å²) in [6.45, 7) is 3.75. The average molecular weight is 574 g/mol. The van der Waals surface area contributed by atoms with Crippen molar-refractivity contribution in [2.75, 3.05) is 6.54 Å². The van der Waals surface area contributed by atoms with Crippen molar-refractivity contribution >= 4 is 29.7 Å². The summed E-state index contributed by atoms with van der Waals surface area (Å²) in [7, 11) is 0. The van der Waals surface area contributed by atoms with E-state index in [-0.39, 0.29) is 17.4 Å². The summed E-state index contributed by atoms with van der Waals surface area (Å²) in [5.41, 5.74) is -1.08. The van der Waals surface area contributed by atoms with E-state index in [9.17, 15) is 33.5 Å². The molecule has 3 amide bonds. The molecule has 41 heavy (non-hydrogen) atoms. The number of hydrogen-bond acceptors (Lipinski definition) is 6. The van der Waals surface area contributed by atoms with Crippen molar-refractivity contribution in [3.63, 3.8) is 0 Å². The van der Waals surface area contributed by atoms with Crippen molar-refractivity contribution in [2.45, 2.75) is 102 Å². The maximum atomic E-state index is 13.7. The Morgan fingerprint density at radius 2 is 1.68 bits per heavy atom. The van der Waals surface area contributed by atoms with Crippen molar-refractivity contribution in [3.05, 3.63) is 35.6 Å². The monoisotopic (exact) mass is 573 g/mol. The van der Waals surface area contributed by atoms with E-state index < -0.39 is 59.2 Å². The van der Waals surface area contributed by atoms with Gasteiger partial charge in [0.15, 0.2) is 6.10 Å². The molecular weight excluding hydrogens is 533 g/mol. The number of carboxylic acids is 1. The van der Waals surface area contributed by atoms with Crippen LogP contribution in [0.3, 0.4) is 0 Å². The van der Waals surface area contributed by atoms with E-state index in [2.05, 4.69) is 10.6 Å². The van der Waals surface area contributed by atoms with Crippen LogP contribution in [0.2, 0.25) is 0 Å². The van der Waals surface area contributed by atoms with Gasteiger partial charge in [0, 0.05) is 12.1 Å². The largest absolute Gasteiger partial charge is 0.479 e. The summed E-state index contributed by atoms with van der Waals surface area (Å²) in [4.78, 5) is 66.6. The van der Waals surface area contributed by atoms with Crippen LogP contribution in [0.5, 0.6) is 0 Å². The molecule has 3 N–H and O–H groups in total. The molecule has 1 aromatic rings. The second-order valence-electron chi connectivity index (χ2n) is 11.8. The highest BCUT2D eigenvalue weighted by atomic mass is 19.1. The minimum absolute atomic E-state index is 0.115. The number of nitrogens with one attached hydrogen (secondary N) is 2. The lowest BCUT2D eigenvalue weighted by atomic mass is 9.97. The smallest absolute Gasteiger partial charge is 0.408 e. The van der Waals surface area contributed by atoms with Crippen LogP contribution in [0.4, 0.5) is 9.18 Å². The summed E-state index contributed by atoms with van der Waals surface area (Å²) in [5.74, 6) is -3.44. The van der Waals surface area contributed by atoms with Gasteiger partial charge in [-0.15, -0.1) is 0 Å². The Balaban J connectivity index is 1.48. The Kier molecular flexibility index (Phi) is 9.65. The minimum atomic E-state index is -1.28. The van der Waals surface area contributed by atoms with Gasteiger partial charge in [-0.1, -0.05) is 46.0 Å². The van der Waals surface area contributed by atoms with Gasteiger partial charge in [-0.2, -0.15) is 0 Å².